The standard InChI is InChI=1S/C11H17N5O3/c1-11(4-6-19-7-5-11)14-10-8(16(17)18)2-3-9(13-10)15-12/h2-3H,4-7,12H2,1H3,(H2,13,14,15). The molecule has 1 aromatic rings. The van der Waals surface area contributed by atoms with Gasteiger partial charge in [0.1, 0.15) is 5.82 Å². The Kier molecular flexibility index (Phi) is 3.82. The van der Waals surface area contributed by atoms with E-state index >= 15 is 0 Å². The van der Waals surface area contributed by atoms with Crippen LogP contribution in [-0.4, -0.2) is 28.7 Å². The Morgan fingerprint density at radius 1 is 1.47 bits per heavy atom. The Morgan fingerprint density at radius 2 is 2.16 bits per heavy atom. The smallest absolute Gasteiger partial charge is 0.311 e. The normalized spacial score (nSPS) is 17.8. The van der Waals surface area contributed by atoms with Gasteiger partial charge in [-0.15, -0.1) is 0 Å². The zero-order valence-electron chi connectivity index (χ0n) is 10.7. The van der Waals surface area contributed by atoms with Crippen LogP contribution in [0.5, 0.6) is 0 Å². The van der Waals surface area contributed by atoms with Gasteiger partial charge in [0.2, 0.25) is 5.82 Å². The van der Waals surface area contributed by atoms with E-state index in [-0.39, 0.29) is 17.0 Å². The van der Waals surface area contributed by atoms with Gasteiger partial charge in [-0.3, -0.25) is 10.1 Å². The number of anilines is 2. The van der Waals surface area contributed by atoms with Crippen molar-refractivity contribution in [2.24, 2.45) is 5.84 Å². The highest BCUT2D eigenvalue weighted by Crippen LogP contribution is 2.30. The fraction of sp³-hybridized carbons (Fsp3) is 0.545. The van der Waals surface area contributed by atoms with Gasteiger partial charge in [-0.25, -0.2) is 10.8 Å². The third-order valence-electron chi connectivity index (χ3n) is 3.24. The summed E-state index contributed by atoms with van der Waals surface area (Å²) < 4.78 is 5.30. The Bertz CT molecular complexity index is 473. The van der Waals surface area contributed by atoms with Crippen molar-refractivity contribution in [3.63, 3.8) is 0 Å². The summed E-state index contributed by atoms with van der Waals surface area (Å²) in [5.74, 6) is 5.89. The molecule has 1 fully saturated rings. The first kappa shape index (κ1) is 13.5. The van der Waals surface area contributed by atoms with Gasteiger partial charge in [-0.05, 0) is 25.8 Å². The SMILES string of the molecule is CC1(Nc2nc(NN)ccc2[N+](=O)[O-])CCOCC1. The van der Waals surface area contributed by atoms with Crippen molar-refractivity contribution in [1.29, 1.82) is 0 Å². The van der Waals surface area contributed by atoms with Crippen molar-refractivity contribution in [1.82, 2.24) is 4.98 Å². The zero-order valence-corrected chi connectivity index (χ0v) is 10.7. The molecule has 1 saturated heterocycles. The van der Waals surface area contributed by atoms with Crippen molar-refractivity contribution in [2.45, 2.75) is 25.3 Å². The maximum absolute atomic E-state index is 11.0. The molecule has 0 amide bonds. The third-order valence-corrected chi connectivity index (χ3v) is 3.24. The van der Waals surface area contributed by atoms with Crippen LogP contribution < -0.4 is 16.6 Å². The molecule has 0 bridgehead atoms. The minimum absolute atomic E-state index is 0.0632. The van der Waals surface area contributed by atoms with Gasteiger partial charge in [0.15, 0.2) is 0 Å². The Morgan fingerprint density at radius 3 is 2.74 bits per heavy atom. The number of nitrogens with one attached hydrogen (secondary N) is 2. The van der Waals surface area contributed by atoms with Gasteiger partial charge in [0.05, 0.1) is 4.92 Å². The van der Waals surface area contributed by atoms with Crippen LogP contribution in [-0.2, 0) is 4.74 Å². The first-order valence-electron chi connectivity index (χ1n) is 6.02. The van der Waals surface area contributed by atoms with Gasteiger partial charge >= 0.3 is 5.69 Å². The molecule has 0 aliphatic carbocycles. The molecule has 4 N–H and O–H groups in total. The first-order chi connectivity index (χ1) is 9.04. The number of aromatic nitrogens is 1. The van der Waals surface area contributed by atoms with E-state index in [1.165, 1.54) is 12.1 Å². The summed E-state index contributed by atoms with van der Waals surface area (Å²) in [5, 5.41) is 14.2. The maximum Gasteiger partial charge on any atom is 0.311 e. The maximum atomic E-state index is 11.0. The largest absolute Gasteiger partial charge is 0.381 e. The topological polar surface area (TPSA) is 115 Å². The van der Waals surface area contributed by atoms with Crippen LogP contribution in [0.1, 0.15) is 19.8 Å². The number of hydrogen-bond acceptors (Lipinski definition) is 7. The van der Waals surface area contributed by atoms with E-state index < -0.39 is 4.92 Å². The second kappa shape index (κ2) is 5.37. The van der Waals surface area contributed by atoms with Gasteiger partial charge in [0, 0.05) is 24.8 Å². The average molecular weight is 267 g/mol. The molecule has 19 heavy (non-hydrogen) atoms. The van der Waals surface area contributed by atoms with Gasteiger partial charge < -0.3 is 15.5 Å². The number of nitrogens with zero attached hydrogens (tertiary/aromatic N) is 2. The third kappa shape index (κ3) is 3.09. The first-order valence-corrected chi connectivity index (χ1v) is 6.02. The number of nitrogen functional groups attached to an aromatic ring is 1. The number of rotatable bonds is 4. The minimum Gasteiger partial charge on any atom is -0.381 e. The molecule has 2 rings (SSSR count). The lowest BCUT2D eigenvalue weighted by Gasteiger charge is -2.34. The summed E-state index contributed by atoms with van der Waals surface area (Å²) in [6.07, 6.45) is 1.54. The lowest BCUT2D eigenvalue weighted by molar-refractivity contribution is -0.384. The predicted octanol–water partition coefficient (Wildman–Crippen LogP) is 1.26. The van der Waals surface area contributed by atoms with Gasteiger partial charge in [-0.1, -0.05) is 0 Å². The highest BCUT2D eigenvalue weighted by atomic mass is 16.6. The molecule has 1 aliphatic rings. The number of nitrogens with two attached hydrogens (primary N) is 1. The van der Waals surface area contributed by atoms with Gasteiger partial charge in [0.25, 0.3) is 0 Å². The molecule has 0 radical (unpaired) electrons. The Labute approximate surface area is 110 Å². The summed E-state index contributed by atoms with van der Waals surface area (Å²) in [6, 6.07) is 2.85. The summed E-state index contributed by atoms with van der Waals surface area (Å²) in [6.45, 7) is 3.27. The summed E-state index contributed by atoms with van der Waals surface area (Å²) in [4.78, 5) is 14.7. The highest BCUT2D eigenvalue weighted by Gasteiger charge is 2.30. The van der Waals surface area contributed by atoms with Crippen molar-refractivity contribution in [2.75, 3.05) is 24.0 Å². The molecule has 1 aromatic heterocycles. The van der Waals surface area contributed by atoms with Crippen molar-refractivity contribution >= 4 is 17.3 Å². The minimum atomic E-state index is -0.460. The second-order valence-electron chi connectivity index (χ2n) is 4.76. The van der Waals surface area contributed by atoms with Crippen LogP contribution in [0, 0.1) is 10.1 Å². The second-order valence-corrected chi connectivity index (χ2v) is 4.76. The number of ether oxygens (including phenoxy) is 1. The molecule has 0 spiro atoms. The molecule has 104 valence electrons. The van der Waals surface area contributed by atoms with E-state index in [0.29, 0.717) is 19.0 Å². The highest BCUT2D eigenvalue weighted by molar-refractivity contribution is 5.61. The van der Waals surface area contributed by atoms with Crippen LogP contribution in [0.2, 0.25) is 0 Å². The van der Waals surface area contributed by atoms with E-state index in [0.717, 1.165) is 12.8 Å². The number of nitro groups is 1. The van der Waals surface area contributed by atoms with Gasteiger partial charge in [-0.2, -0.15) is 0 Å². The fourth-order valence-electron chi connectivity index (χ4n) is 2.00. The molecule has 8 nitrogen and oxygen atoms in total. The van der Waals surface area contributed by atoms with Crippen molar-refractivity contribution < 1.29 is 9.66 Å². The average Bonchev–Trinajstić information content (AvgIpc) is 2.38. The number of hydrazine groups is 1. The van der Waals surface area contributed by atoms with E-state index in [1.807, 2.05) is 6.92 Å². The number of hydrogen-bond donors (Lipinski definition) is 3. The molecule has 1 aliphatic heterocycles. The van der Waals surface area contributed by atoms with Crippen molar-refractivity contribution in [3.05, 3.63) is 22.2 Å². The van der Waals surface area contributed by atoms with Crippen LogP contribution >= 0.6 is 0 Å². The van der Waals surface area contributed by atoms with Crippen LogP contribution in [0.3, 0.4) is 0 Å². The van der Waals surface area contributed by atoms with E-state index in [9.17, 15) is 10.1 Å². The lowest BCUT2D eigenvalue weighted by atomic mass is 9.92. The summed E-state index contributed by atoms with van der Waals surface area (Å²) in [7, 11) is 0. The molecule has 0 unspecified atom stereocenters. The molecule has 0 atom stereocenters. The van der Waals surface area contributed by atoms with Crippen LogP contribution in [0.25, 0.3) is 0 Å². The lowest BCUT2D eigenvalue weighted by Crippen LogP contribution is -2.41. The van der Waals surface area contributed by atoms with E-state index in [4.69, 9.17) is 10.6 Å². The van der Waals surface area contributed by atoms with Crippen LogP contribution in [0.4, 0.5) is 17.3 Å². The molecule has 8 heteroatoms. The fourth-order valence-corrected chi connectivity index (χ4v) is 2.00. The Balaban J connectivity index is 2.28. The van der Waals surface area contributed by atoms with Crippen molar-refractivity contribution in [3.8, 4) is 0 Å². The summed E-state index contributed by atoms with van der Waals surface area (Å²) >= 11 is 0. The van der Waals surface area contributed by atoms with E-state index in [1.54, 1.807) is 0 Å². The number of pyridine rings is 1. The molecule has 2 heterocycles. The molecule has 0 saturated carbocycles. The quantitative estimate of drug-likeness (QED) is 0.427. The van der Waals surface area contributed by atoms with Crippen LogP contribution in [0.15, 0.2) is 12.1 Å². The zero-order chi connectivity index (χ0) is 13.9. The molecular weight excluding hydrogens is 250 g/mol. The predicted molar refractivity (Wildman–Crippen MR) is 70.8 cm³/mol. The molecule has 0 aromatic carbocycles. The van der Waals surface area contributed by atoms with E-state index in [2.05, 4.69) is 15.7 Å². The Hall–Kier alpha value is -1.93. The molecular formula is C11H17N5O3. The summed E-state index contributed by atoms with van der Waals surface area (Å²) in [5.41, 5.74) is 2.06. The monoisotopic (exact) mass is 267 g/mol.